The van der Waals surface area contributed by atoms with Gasteiger partial charge in [-0.3, -0.25) is 39.2 Å². The van der Waals surface area contributed by atoms with Crippen LogP contribution in [0.25, 0.3) is 0 Å². The highest BCUT2D eigenvalue weighted by Gasteiger charge is 2.55. The maximum atomic E-state index is 12.4. The number of hydrogen-bond donors (Lipinski definition) is 8. The molecule has 22 nitrogen and oxygen atoms in total. The predicted molar refractivity (Wildman–Crippen MR) is 128 cm³/mol. The molecule has 0 bridgehead atoms. The third-order valence-electron chi connectivity index (χ3n) is 6.67. The number of ether oxygens (including phenoxy) is 4. The molecule has 6 unspecified atom stereocenters. The second kappa shape index (κ2) is 12.8. The van der Waals surface area contributed by atoms with Gasteiger partial charge in [0.1, 0.15) is 12.2 Å². The normalized spacial score (nSPS) is 30.2. The molecule has 0 spiro atoms. The quantitative estimate of drug-likeness (QED) is 0.0575. The molecule has 4 rings (SSSR count). The molecule has 2 fully saturated rings. The minimum atomic E-state index is -2.39. The standard InChI is InChI=1S/C21H26N4O18/c1-5-3-24(19(31)22-13(5)28)15-8(27)7(26)9(37-15)17(30)39-21(33)40-18(43-36)12-10(41-34)11(42-35)16(38-12)25-4-6(2)14(29)23-20(25)32/h3-4,7-12,15-18,26-27,30,34-36H,1-2H3,(H,22,28,31)(H,23,29,32)/t7?,8?,9-,10?,11?,12-,15+,16+,17?,18?/m0/s1. The van der Waals surface area contributed by atoms with Crippen molar-refractivity contribution in [2.45, 2.75) is 75.5 Å². The van der Waals surface area contributed by atoms with Crippen molar-refractivity contribution < 1.29 is 69.5 Å². The molecule has 43 heavy (non-hydrogen) atoms. The first-order valence-electron chi connectivity index (χ1n) is 12.1. The molecule has 2 aliphatic rings. The van der Waals surface area contributed by atoms with Gasteiger partial charge < -0.3 is 34.3 Å². The Bertz CT molecular complexity index is 1550. The van der Waals surface area contributed by atoms with Crippen LogP contribution in [-0.4, -0.2) is 106 Å². The predicted octanol–water partition coefficient (Wildman–Crippen LogP) is -3.78. The molecule has 2 aromatic heterocycles. The molecule has 2 aromatic rings. The molecule has 22 heteroatoms. The van der Waals surface area contributed by atoms with Gasteiger partial charge in [-0.2, -0.15) is 4.89 Å². The van der Waals surface area contributed by atoms with E-state index in [1.165, 1.54) is 13.8 Å². The SMILES string of the molecule is Cc1cn([C@@H]2O[C@H](C(O)OC(=O)OC(OO)[C@H]3O[C@@H](n4cc(C)c(=O)[nH]c4=O)C(OO)C3OO)C(O)C2O)c(=O)[nH]c1=O. The molecule has 10 atom stereocenters. The Kier molecular flexibility index (Phi) is 9.57. The lowest BCUT2D eigenvalue weighted by Gasteiger charge is -2.25. The summed E-state index contributed by atoms with van der Waals surface area (Å²) < 4.78 is 21.5. The number of nitrogens with one attached hydrogen (secondary N) is 2. The Hall–Kier alpha value is -3.81. The molecule has 0 aliphatic carbocycles. The number of carbonyl (C=O) groups excluding carboxylic acids is 1. The number of aryl methyl sites for hydroxylation is 2. The van der Waals surface area contributed by atoms with Crippen molar-refractivity contribution in [2.24, 2.45) is 0 Å². The molecule has 2 saturated heterocycles. The first kappa shape index (κ1) is 32.1. The van der Waals surface area contributed by atoms with Crippen molar-refractivity contribution in [3.05, 3.63) is 65.2 Å². The van der Waals surface area contributed by atoms with E-state index in [0.717, 1.165) is 21.5 Å². The number of hydrogen-bond acceptors (Lipinski definition) is 18. The molecule has 0 saturated carbocycles. The highest BCUT2D eigenvalue weighted by atomic mass is 17.2. The van der Waals surface area contributed by atoms with E-state index in [1.807, 2.05) is 9.97 Å². The zero-order valence-corrected chi connectivity index (χ0v) is 21.9. The number of carbonyl (C=O) groups is 1. The molecule has 0 amide bonds. The van der Waals surface area contributed by atoms with E-state index in [9.17, 15) is 55.1 Å². The van der Waals surface area contributed by atoms with Crippen LogP contribution in [0.5, 0.6) is 0 Å². The average Bonchev–Trinajstić information content (AvgIpc) is 3.47. The van der Waals surface area contributed by atoms with E-state index in [0.29, 0.717) is 0 Å². The Morgan fingerprint density at radius 3 is 1.84 bits per heavy atom. The summed E-state index contributed by atoms with van der Waals surface area (Å²) in [6.07, 6.45) is -19.0. The third kappa shape index (κ3) is 6.15. The van der Waals surface area contributed by atoms with Crippen molar-refractivity contribution in [1.82, 2.24) is 19.1 Å². The minimum Gasteiger partial charge on any atom is -0.401 e. The summed E-state index contributed by atoms with van der Waals surface area (Å²) in [4.78, 5) is 76.6. The molecule has 2 aliphatic heterocycles. The molecular weight excluding hydrogens is 596 g/mol. The Labute approximate surface area is 236 Å². The van der Waals surface area contributed by atoms with E-state index in [2.05, 4.69) is 19.4 Å². The fourth-order valence-electron chi connectivity index (χ4n) is 4.48. The molecule has 4 heterocycles. The van der Waals surface area contributed by atoms with Crippen molar-refractivity contribution in [1.29, 1.82) is 0 Å². The molecule has 8 N–H and O–H groups in total. The Morgan fingerprint density at radius 2 is 1.33 bits per heavy atom. The summed E-state index contributed by atoms with van der Waals surface area (Å²) in [6, 6.07) is 0. The fourth-order valence-corrected chi connectivity index (χ4v) is 4.48. The summed E-state index contributed by atoms with van der Waals surface area (Å²) in [5, 5.41) is 59.2. The van der Waals surface area contributed by atoms with E-state index in [4.69, 9.17) is 14.2 Å². The number of nitrogens with zero attached hydrogens (tertiary/aromatic N) is 2. The molecule has 0 radical (unpaired) electrons. The van der Waals surface area contributed by atoms with Crippen LogP contribution in [0.1, 0.15) is 23.6 Å². The number of rotatable bonds is 9. The summed E-state index contributed by atoms with van der Waals surface area (Å²) >= 11 is 0. The second-order valence-electron chi connectivity index (χ2n) is 9.41. The molecule has 0 aromatic carbocycles. The summed E-state index contributed by atoms with van der Waals surface area (Å²) in [7, 11) is 0. The number of aliphatic hydroxyl groups excluding tert-OH is 3. The monoisotopic (exact) mass is 622 g/mol. The van der Waals surface area contributed by atoms with E-state index >= 15 is 0 Å². The van der Waals surface area contributed by atoms with Crippen molar-refractivity contribution in [2.75, 3.05) is 0 Å². The minimum absolute atomic E-state index is 0.0119. The summed E-state index contributed by atoms with van der Waals surface area (Å²) in [5.74, 6) is 0. The first-order chi connectivity index (χ1) is 20.3. The van der Waals surface area contributed by atoms with E-state index in [1.54, 1.807) is 0 Å². The molecule has 238 valence electrons. The van der Waals surface area contributed by atoms with Crippen LogP contribution in [0.2, 0.25) is 0 Å². The van der Waals surface area contributed by atoms with Crippen LogP contribution in [-0.2, 0) is 33.6 Å². The van der Waals surface area contributed by atoms with Gasteiger partial charge >= 0.3 is 17.5 Å². The van der Waals surface area contributed by atoms with Gasteiger partial charge in [-0.05, 0) is 13.8 Å². The number of aromatic nitrogens is 4. The third-order valence-corrected chi connectivity index (χ3v) is 6.67. The van der Waals surface area contributed by atoms with Gasteiger partial charge in [0.15, 0.2) is 36.9 Å². The highest BCUT2D eigenvalue weighted by molar-refractivity contribution is 5.60. The summed E-state index contributed by atoms with van der Waals surface area (Å²) in [5.41, 5.74) is -3.49. The van der Waals surface area contributed by atoms with Crippen molar-refractivity contribution in [3.63, 3.8) is 0 Å². The second-order valence-corrected chi connectivity index (χ2v) is 9.41. The topological polar surface area (TPSA) is 313 Å². The summed E-state index contributed by atoms with van der Waals surface area (Å²) in [6.45, 7) is 2.67. The van der Waals surface area contributed by atoms with Gasteiger partial charge in [0, 0.05) is 23.5 Å². The van der Waals surface area contributed by atoms with Crippen LogP contribution >= 0.6 is 0 Å². The van der Waals surface area contributed by atoms with E-state index in [-0.39, 0.29) is 11.1 Å². The Balaban J connectivity index is 1.47. The lowest BCUT2D eigenvalue weighted by Crippen LogP contribution is -2.45. The van der Waals surface area contributed by atoms with Crippen LogP contribution in [0.3, 0.4) is 0 Å². The first-order valence-corrected chi connectivity index (χ1v) is 12.1. The zero-order chi connectivity index (χ0) is 31.7. The lowest BCUT2D eigenvalue weighted by molar-refractivity contribution is -0.386. The maximum absolute atomic E-state index is 12.4. The largest absolute Gasteiger partial charge is 0.513 e. The van der Waals surface area contributed by atoms with Gasteiger partial charge in [-0.25, -0.2) is 29.4 Å². The number of H-pyrrole nitrogens is 2. The fraction of sp³-hybridized carbons (Fsp3) is 0.571. The Morgan fingerprint density at radius 1 is 0.814 bits per heavy atom. The smallest absolute Gasteiger partial charge is 0.401 e. The van der Waals surface area contributed by atoms with Gasteiger partial charge in [0.25, 0.3) is 17.4 Å². The van der Waals surface area contributed by atoms with Crippen LogP contribution < -0.4 is 22.5 Å². The zero-order valence-electron chi connectivity index (χ0n) is 21.9. The number of aliphatic hydroxyl groups is 3. The lowest BCUT2D eigenvalue weighted by atomic mass is 10.1. The van der Waals surface area contributed by atoms with E-state index < -0.39 is 90.3 Å². The van der Waals surface area contributed by atoms with Crippen LogP contribution in [0.15, 0.2) is 31.6 Å². The van der Waals surface area contributed by atoms with Crippen LogP contribution in [0, 0.1) is 13.8 Å². The van der Waals surface area contributed by atoms with Gasteiger partial charge in [-0.15, -0.1) is 0 Å². The van der Waals surface area contributed by atoms with Gasteiger partial charge in [0.05, 0.1) is 0 Å². The van der Waals surface area contributed by atoms with Gasteiger partial charge in [0.2, 0.25) is 6.29 Å². The molecular formula is C21H26N4O18. The highest BCUT2D eigenvalue weighted by Crippen LogP contribution is 2.35. The maximum Gasteiger partial charge on any atom is 0.513 e. The van der Waals surface area contributed by atoms with Crippen molar-refractivity contribution >= 4 is 6.16 Å². The number of aromatic amines is 2. The van der Waals surface area contributed by atoms with Gasteiger partial charge in [-0.1, -0.05) is 0 Å². The average molecular weight is 622 g/mol. The van der Waals surface area contributed by atoms with Crippen molar-refractivity contribution in [3.8, 4) is 0 Å². The van der Waals surface area contributed by atoms with Crippen LogP contribution in [0.4, 0.5) is 4.79 Å².